The minimum atomic E-state index is -3.04. The van der Waals surface area contributed by atoms with Gasteiger partial charge in [-0.2, -0.15) is 0 Å². The molecule has 2 aromatic rings. The maximum atomic E-state index is 12.8. The number of carbonyl (C=O) groups excluding carboxylic acids is 1. The lowest BCUT2D eigenvalue weighted by atomic mass is 9.96. The first-order valence-corrected chi connectivity index (χ1v) is 6.52. The standard InChI is InChI=1S/C17H16F2O2/c1-11(2)12-8-9-15(14-7-5-4-6-13(12)14)16(20)21-10-17(3,18)19/h4-9H,1,10H2,2-3H3. The molecule has 0 atom stereocenters. The molecule has 0 aliphatic carbocycles. The van der Waals surface area contributed by atoms with E-state index in [1.54, 1.807) is 24.3 Å². The first kappa shape index (κ1) is 15.2. The summed E-state index contributed by atoms with van der Waals surface area (Å²) in [4.78, 5) is 12.0. The van der Waals surface area contributed by atoms with Crippen LogP contribution >= 0.6 is 0 Å². The van der Waals surface area contributed by atoms with Crippen LogP contribution in [0.5, 0.6) is 0 Å². The first-order valence-electron chi connectivity index (χ1n) is 6.52. The van der Waals surface area contributed by atoms with Crippen LogP contribution < -0.4 is 0 Å². The van der Waals surface area contributed by atoms with Crippen LogP contribution in [-0.2, 0) is 4.74 Å². The Kier molecular flexibility index (Phi) is 4.07. The van der Waals surface area contributed by atoms with Crippen molar-refractivity contribution in [2.45, 2.75) is 19.8 Å². The van der Waals surface area contributed by atoms with Gasteiger partial charge < -0.3 is 4.74 Å². The van der Waals surface area contributed by atoms with Crippen LogP contribution in [0.2, 0.25) is 0 Å². The number of fused-ring (bicyclic) bond motifs is 1. The minimum Gasteiger partial charge on any atom is -0.456 e. The summed E-state index contributed by atoms with van der Waals surface area (Å²) in [7, 11) is 0. The van der Waals surface area contributed by atoms with Crippen LogP contribution in [0.4, 0.5) is 8.78 Å². The number of carbonyl (C=O) groups is 1. The topological polar surface area (TPSA) is 26.3 Å². The number of alkyl halides is 2. The second-order valence-electron chi connectivity index (χ2n) is 5.13. The fourth-order valence-corrected chi connectivity index (χ4v) is 2.12. The van der Waals surface area contributed by atoms with Crippen molar-refractivity contribution in [1.29, 1.82) is 0 Å². The third kappa shape index (κ3) is 3.45. The van der Waals surface area contributed by atoms with Crippen LogP contribution in [0, 0.1) is 0 Å². The SMILES string of the molecule is C=C(C)c1ccc(C(=O)OCC(C)(F)F)c2ccccc12. The fraction of sp³-hybridized carbons (Fsp3) is 0.235. The lowest BCUT2D eigenvalue weighted by Gasteiger charge is -2.13. The van der Waals surface area contributed by atoms with Gasteiger partial charge in [0.25, 0.3) is 5.92 Å². The number of rotatable bonds is 4. The summed E-state index contributed by atoms with van der Waals surface area (Å²) in [6, 6.07) is 10.6. The van der Waals surface area contributed by atoms with Gasteiger partial charge in [-0.15, -0.1) is 0 Å². The minimum absolute atomic E-state index is 0.278. The van der Waals surface area contributed by atoms with E-state index >= 15 is 0 Å². The third-order valence-electron chi connectivity index (χ3n) is 3.06. The molecule has 0 amide bonds. The van der Waals surface area contributed by atoms with E-state index in [1.165, 1.54) is 0 Å². The molecule has 0 aliphatic rings. The Morgan fingerprint density at radius 3 is 2.19 bits per heavy atom. The van der Waals surface area contributed by atoms with Gasteiger partial charge in [0.15, 0.2) is 6.61 Å². The van der Waals surface area contributed by atoms with Gasteiger partial charge in [0.1, 0.15) is 0 Å². The molecule has 0 bridgehead atoms. The summed E-state index contributed by atoms with van der Waals surface area (Å²) in [5.41, 5.74) is 2.06. The molecule has 0 saturated carbocycles. The zero-order valence-electron chi connectivity index (χ0n) is 12.0. The van der Waals surface area contributed by atoms with E-state index in [2.05, 4.69) is 11.3 Å². The number of esters is 1. The Labute approximate surface area is 122 Å². The molecule has 0 radical (unpaired) electrons. The van der Waals surface area contributed by atoms with Gasteiger partial charge in [-0.25, -0.2) is 13.6 Å². The van der Waals surface area contributed by atoms with Gasteiger partial charge in [-0.3, -0.25) is 0 Å². The molecule has 0 N–H and O–H groups in total. The van der Waals surface area contributed by atoms with E-state index in [0.29, 0.717) is 12.3 Å². The molecular formula is C17H16F2O2. The Morgan fingerprint density at radius 1 is 1.14 bits per heavy atom. The molecule has 0 spiro atoms. The van der Waals surface area contributed by atoms with E-state index in [4.69, 9.17) is 0 Å². The molecule has 0 unspecified atom stereocenters. The van der Waals surface area contributed by atoms with Gasteiger partial charge in [0.05, 0.1) is 5.56 Å². The second kappa shape index (κ2) is 5.64. The number of hydrogen-bond acceptors (Lipinski definition) is 2. The zero-order chi connectivity index (χ0) is 15.6. The summed E-state index contributed by atoms with van der Waals surface area (Å²) in [5, 5.41) is 1.52. The molecule has 0 aromatic heterocycles. The number of ether oxygens (including phenoxy) is 1. The van der Waals surface area contributed by atoms with Crippen LogP contribution in [0.1, 0.15) is 29.8 Å². The fourth-order valence-electron chi connectivity index (χ4n) is 2.12. The van der Waals surface area contributed by atoms with Gasteiger partial charge >= 0.3 is 5.97 Å². The Hall–Kier alpha value is -2.23. The van der Waals surface area contributed by atoms with Crippen molar-refractivity contribution < 1.29 is 18.3 Å². The highest BCUT2D eigenvalue weighted by Gasteiger charge is 2.24. The average Bonchev–Trinajstić information content (AvgIpc) is 2.42. The Balaban J connectivity index is 2.44. The quantitative estimate of drug-likeness (QED) is 0.764. The largest absolute Gasteiger partial charge is 0.456 e. The summed E-state index contributed by atoms with van der Waals surface area (Å²) in [6.45, 7) is 5.56. The van der Waals surface area contributed by atoms with Crippen LogP contribution in [-0.4, -0.2) is 18.5 Å². The second-order valence-corrected chi connectivity index (χ2v) is 5.13. The van der Waals surface area contributed by atoms with Crippen molar-refractivity contribution in [3.63, 3.8) is 0 Å². The van der Waals surface area contributed by atoms with Crippen molar-refractivity contribution in [1.82, 2.24) is 0 Å². The highest BCUT2D eigenvalue weighted by atomic mass is 19.3. The number of benzene rings is 2. The predicted molar refractivity (Wildman–Crippen MR) is 79.6 cm³/mol. The monoisotopic (exact) mass is 290 g/mol. The molecule has 0 aliphatic heterocycles. The van der Waals surface area contributed by atoms with Crippen LogP contribution in [0.15, 0.2) is 43.0 Å². The van der Waals surface area contributed by atoms with Gasteiger partial charge in [-0.1, -0.05) is 42.5 Å². The van der Waals surface area contributed by atoms with E-state index in [1.807, 2.05) is 19.1 Å². The molecule has 4 heteroatoms. The number of halogens is 2. The lowest BCUT2D eigenvalue weighted by Crippen LogP contribution is -2.21. The third-order valence-corrected chi connectivity index (χ3v) is 3.06. The molecule has 0 heterocycles. The lowest BCUT2D eigenvalue weighted by molar-refractivity contribution is -0.0466. The number of allylic oxidation sites excluding steroid dienone is 1. The summed E-state index contributed by atoms with van der Waals surface area (Å²) >= 11 is 0. The number of hydrogen-bond donors (Lipinski definition) is 0. The molecule has 21 heavy (non-hydrogen) atoms. The highest BCUT2D eigenvalue weighted by Crippen LogP contribution is 2.27. The molecule has 2 rings (SSSR count). The van der Waals surface area contributed by atoms with Gasteiger partial charge in [0, 0.05) is 6.92 Å². The molecule has 2 nitrogen and oxygen atoms in total. The van der Waals surface area contributed by atoms with Gasteiger partial charge in [-0.05, 0) is 29.3 Å². The van der Waals surface area contributed by atoms with Crippen molar-refractivity contribution in [2.24, 2.45) is 0 Å². The van der Waals surface area contributed by atoms with Crippen LogP contribution in [0.25, 0.3) is 16.3 Å². The van der Waals surface area contributed by atoms with Crippen molar-refractivity contribution in [2.75, 3.05) is 6.61 Å². The van der Waals surface area contributed by atoms with Crippen molar-refractivity contribution in [3.05, 3.63) is 54.1 Å². The molecule has 0 fully saturated rings. The first-order chi connectivity index (χ1) is 9.79. The van der Waals surface area contributed by atoms with E-state index < -0.39 is 18.5 Å². The predicted octanol–water partition coefficient (Wildman–Crippen LogP) is 4.68. The average molecular weight is 290 g/mol. The zero-order valence-corrected chi connectivity index (χ0v) is 12.0. The van der Waals surface area contributed by atoms with Crippen LogP contribution in [0.3, 0.4) is 0 Å². The summed E-state index contributed by atoms with van der Waals surface area (Å²) in [6.07, 6.45) is 0. The van der Waals surface area contributed by atoms with E-state index in [0.717, 1.165) is 16.5 Å². The van der Waals surface area contributed by atoms with Gasteiger partial charge in [0.2, 0.25) is 0 Å². The van der Waals surface area contributed by atoms with Crippen molar-refractivity contribution >= 4 is 22.3 Å². The molecule has 0 saturated heterocycles. The van der Waals surface area contributed by atoms with Crippen molar-refractivity contribution in [3.8, 4) is 0 Å². The maximum Gasteiger partial charge on any atom is 0.338 e. The Bertz CT molecular complexity index is 699. The maximum absolute atomic E-state index is 12.8. The van der Waals surface area contributed by atoms with E-state index in [-0.39, 0.29) is 5.56 Å². The normalized spacial score (nSPS) is 11.4. The summed E-state index contributed by atoms with van der Waals surface area (Å²) < 4.78 is 30.3. The van der Waals surface area contributed by atoms with E-state index in [9.17, 15) is 13.6 Å². The summed E-state index contributed by atoms with van der Waals surface area (Å²) in [5.74, 6) is -3.79. The molecule has 2 aromatic carbocycles. The Morgan fingerprint density at radius 2 is 1.67 bits per heavy atom. The smallest absolute Gasteiger partial charge is 0.338 e. The molecule has 110 valence electrons. The highest BCUT2D eigenvalue weighted by molar-refractivity contribution is 6.07. The molecular weight excluding hydrogens is 274 g/mol.